The lowest BCUT2D eigenvalue weighted by Crippen LogP contribution is -2.42. The first-order valence-electron chi connectivity index (χ1n) is 9.94. The maximum Gasteiger partial charge on any atom is 0.222 e. The van der Waals surface area contributed by atoms with Crippen molar-refractivity contribution >= 4 is 5.91 Å². The summed E-state index contributed by atoms with van der Waals surface area (Å²) in [5.74, 6) is 1.06. The van der Waals surface area contributed by atoms with Crippen LogP contribution in [0.1, 0.15) is 36.6 Å². The standard InChI is InChI=1S/C23H29FN2O3/c1-15(2)23(27)25-13-20-19-12-22(29-4)21(28-3)11-17(19)8-9-26(20)14-16-6-5-7-18(24)10-16/h5-7,10-12,15,20H,8-9,13-14H2,1-4H3,(H,25,27)/t20-/m1/s1. The van der Waals surface area contributed by atoms with E-state index in [9.17, 15) is 9.18 Å². The first-order chi connectivity index (χ1) is 13.9. The zero-order valence-corrected chi connectivity index (χ0v) is 17.5. The van der Waals surface area contributed by atoms with Crippen LogP contribution in [0, 0.1) is 11.7 Å². The predicted molar refractivity (Wildman–Crippen MR) is 111 cm³/mol. The van der Waals surface area contributed by atoms with E-state index in [0.717, 1.165) is 24.1 Å². The summed E-state index contributed by atoms with van der Waals surface area (Å²) in [4.78, 5) is 14.5. The van der Waals surface area contributed by atoms with E-state index in [1.165, 1.54) is 11.6 Å². The molecule has 0 aliphatic carbocycles. The highest BCUT2D eigenvalue weighted by Crippen LogP contribution is 2.38. The van der Waals surface area contributed by atoms with Gasteiger partial charge in [-0.2, -0.15) is 0 Å². The molecule has 2 aromatic carbocycles. The molecule has 156 valence electrons. The number of nitrogens with zero attached hydrogens (tertiary/aromatic N) is 1. The van der Waals surface area contributed by atoms with Gasteiger partial charge in [0.25, 0.3) is 0 Å². The van der Waals surface area contributed by atoms with Gasteiger partial charge in [-0.05, 0) is 47.4 Å². The third kappa shape index (κ3) is 4.88. The average Bonchev–Trinajstić information content (AvgIpc) is 2.71. The summed E-state index contributed by atoms with van der Waals surface area (Å²) in [7, 11) is 3.25. The van der Waals surface area contributed by atoms with Gasteiger partial charge >= 0.3 is 0 Å². The monoisotopic (exact) mass is 400 g/mol. The second-order valence-electron chi connectivity index (χ2n) is 7.67. The van der Waals surface area contributed by atoms with Crippen molar-refractivity contribution in [1.82, 2.24) is 10.2 Å². The number of carbonyl (C=O) groups excluding carboxylic acids is 1. The van der Waals surface area contributed by atoms with E-state index in [1.807, 2.05) is 32.0 Å². The molecule has 0 unspecified atom stereocenters. The summed E-state index contributed by atoms with van der Waals surface area (Å²) in [6.07, 6.45) is 0.847. The van der Waals surface area contributed by atoms with Crippen LogP contribution in [-0.4, -0.2) is 38.1 Å². The second kappa shape index (κ2) is 9.27. The molecule has 0 fully saturated rings. The molecule has 6 heteroatoms. The molecule has 0 radical (unpaired) electrons. The maximum absolute atomic E-state index is 13.7. The highest BCUT2D eigenvalue weighted by atomic mass is 19.1. The molecule has 0 saturated carbocycles. The SMILES string of the molecule is COc1cc2c(cc1OC)[C@@H](CNC(=O)C(C)C)N(Cc1cccc(F)c1)CC2. The Morgan fingerprint density at radius 1 is 1.21 bits per heavy atom. The van der Waals surface area contributed by atoms with Crippen LogP contribution in [-0.2, 0) is 17.8 Å². The van der Waals surface area contributed by atoms with Gasteiger partial charge in [0, 0.05) is 25.6 Å². The molecule has 29 heavy (non-hydrogen) atoms. The van der Waals surface area contributed by atoms with Crippen molar-refractivity contribution in [2.45, 2.75) is 32.9 Å². The van der Waals surface area contributed by atoms with Crippen LogP contribution in [0.25, 0.3) is 0 Å². The lowest BCUT2D eigenvalue weighted by atomic mass is 9.91. The molecule has 0 aromatic heterocycles. The van der Waals surface area contributed by atoms with Crippen LogP contribution in [0.4, 0.5) is 4.39 Å². The van der Waals surface area contributed by atoms with Crippen molar-refractivity contribution in [3.05, 3.63) is 58.9 Å². The largest absolute Gasteiger partial charge is 0.493 e. The van der Waals surface area contributed by atoms with E-state index >= 15 is 0 Å². The van der Waals surface area contributed by atoms with E-state index in [2.05, 4.69) is 10.2 Å². The molecular formula is C23H29FN2O3. The summed E-state index contributed by atoms with van der Waals surface area (Å²) in [6.45, 7) is 5.65. The topological polar surface area (TPSA) is 50.8 Å². The van der Waals surface area contributed by atoms with E-state index < -0.39 is 0 Å². The van der Waals surface area contributed by atoms with E-state index in [-0.39, 0.29) is 23.7 Å². The molecule has 3 rings (SSSR count). The van der Waals surface area contributed by atoms with Crippen molar-refractivity contribution in [2.24, 2.45) is 5.92 Å². The second-order valence-corrected chi connectivity index (χ2v) is 7.67. The van der Waals surface area contributed by atoms with Crippen molar-refractivity contribution in [2.75, 3.05) is 27.3 Å². The summed E-state index contributed by atoms with van der Waals surface area (Å²) in [5, 5.41) is 3.06. The first kappa shape index (κ1) is 21.1. The third-order valence-corrected chi connectivity index (χ3v) is 5.38. The summed E-state index contributed by atoms with van der Waals surface area (Å²) < 4.78 is 24.6. The van der Waals surface area contributed by atoms with Gasteiger partial charge in [-0.25, -0.2) is 4.39 Å². The fraction of sp³-hybridized carbons (Fsp3) is 0.435. The van der Waals surface area contributed by atoms with Gasteiger partial charge in [-0.3, -0.25) is 9.69 Å². The number of fused-ring (bicyclic) bond motifs is 1. The highest BCUT2D eigenvalue weighted by molar-refractivity contribution is 5.77. The Bertz CT molecular complexity index is 869. The molecule has 0 bridgehead atoms. The number of hydrogen-bond acceptors (Lipinski definition) is 4. The first-order valence-corrected chi connectivity index (χ1v) is 9.94. The molecule has 5 nitrogen and oxygen atoms in total. The minimum absolute atomic E-state index is 0.0169. The molecule has 2 aromatic rings. The Morgan fingerprint density at radius 3 is 2.59 bits per heavy atom. The number of benzene rings is 2. The molecule has 0 saturated heterocycles. The normalized spacial score (nSPS) is 16.4. The number of methoxy groups -OCH3 is 2. The van der Waals surface area contributed by atoms with E-state index in [4.69, 9.17) is 9.47 Å². The lowest BCUT2D eigenvalue weighted by Gasteiger charge is -2.38. The predicted octanol–water partition coefficient (Wildman–Crippen LogP) is 3.71. The van der Waals surface area contributed by atoms with Crippen LogP contribution in [0.3, 0.4) is 0 Å². The minimum atomic E-state index is -0.240. The number of rotatable bonds is 7. The molecule has 1 aliphatic heterocycles. The maximum atomic E-state index is 13.7. The molecule has 1 heterocycles. The van der Waals surface area contributed by atoms with Gasteiger partial charge in [-0.1, -0.05) is 26.0 Å². The van der Waals surface area contributed by atoms with Crippen LogP contribution in [0.2, 0.25) is 0 Å². The Kier molecular flexibility index (Phi) is 6.75. The van der Waals surface area contributed by atoms with Crippen LogP contribution in [0.15, 0.2) is 36.4 Å². The van der Waals surface area contributed by atoms with Crippen LogP contribution in [0.5, 0.6) is 11.5 Å². The smallest absolute Gasteiger partial charge is 0.222 e. The number of carbonyl (C=O) groups is 1. The van der Waals surface area contributed by atoms with Crippen molar-refractivity contribution in [3.63, 3.8) is 0 Å². The number of nitrogens with one attached hydrogen (secondary N) is 1. The molecule has 1 amide bonds. The van der Waals surface area contributed by atoms with Crippen molar-refractivity contribution in [3.8, 4) is 11.5 Å². The van der Waals surface area contributed by atoms with Gasteiger partial charge < -0.3 is 14.8 Å². The van der Waals surface area contributed by atoms with Crippen molar-refractivity contribution < 1.29 is 18.7 Å². The Hall–Kier alpha value is -2.60. The molecule has 1 aliphatic rings. The Morgan fingerprint density at radius 2 is 1.93 bits per heavy atom. The molecule has 1 atom stereocenters. The van der Waals surface area contributed by atoms with Crippen LogP contribution >= 0.6 is 0 Å². The Labute approximate surface area is 171 Å². The number of amides is 1. The highest BCUT2D eigenvalue weighted by Gasteiger charge is 2.29. The number of ether oxygens (including phenoxy) is 2. The van der Waals surface area contributed by atoms with Gasteiger partial charge in [0.1, 0.15) is 5.82 Å². The average molecular weight is 400 g/mol. The third-order valence-electron chi connectivity index (χ3n) is 5.38. The van der Waals surface area contributed by atoms with Crippen LogP contribution < -0.4 is 14.8 Å². The van der Waals surface area contributed by atoms with Gasteiger partial charge in [0.15, 0.2) is 11.5 Å². The van der Waals surface area contributed by atoms with Gasteiger partial charge in [-0.15, -0.1) is 0 Å². The van der Waals surface area contributed by atoms with E-state index in [1.54, 1.807) is 26.4 Å². The summed E-state index contributed by atoms with van der Waals surface area (Å²) in [5.41, 5.74) is 3.20. The Balaban J connectivity index is 1.93. The molecule has 1 N–H and O–H groups in total. The summed E-state index contributed by atoms with van der Waals surface area (Å²) >= 11 is 0. The fourth-order valence-electron chi connectivity index (χ4n) is 3.78. The van der Waals surface area contributed by atoms with Gasteiger partial charge in [0.05, 0.1) is 20.3 Å². The molecule has 0 spiro atoms. The summed E-state index contributed by atoms with van der Waals surface area (Å²) in [6, 6.07) is 10.6. The van der Waals surface area contributed by atoms with Crippen molar-refractivity contribution in [1.29, 1.82) is 0 Å². The zero-order chi connectivity index (χ0) is 21.0. The quantitative estimate of drug-likeness (QED) is 0.770. The minimum Gasteiger partial charge on any atom is -0.493 e. The fourth-order valence-corrected chi connectivity index (χ4v) is 3.78. The number of halogens is 1. The number of hydrogen-bond donors (Lipinski definition) is 1. The van der Waals surface area contributed by atoms with E-state index in [0.29, 0.717) is 24.6 Å². The zero-order valence-electron chi connectivity index (χ0n) is 17.5. The molecular weight excluding hydrogens is 371 g/mol. The van der Waals surface area contributed by atoms with Gasteiger partial charge in [0.2, 0.25) is 5.91 Å². The lowest BCUT2D eigenvalue weighted by molar-refractivity contribution is -0.124.